The number of hydrogen-bond donors (Lipinski definition) is 0. The van der Waals surface area contributed by atoms with Gasteiger partial charge >= 0.3 is 0 Å². The molecule has 0 aromatic heterocycles. The molecule has 2 aromatic carbocycles. The number of likely N-dealkylation sites (N-methyl/N-ethyl adjacent to an activating group) is 1. The molecule has 0 atom stereocenters. The van der Waals surface area contributed by atoms with E-state index in [1.54, 1.807) is 0 Å². The van der Waals surface area contributed by atoms with E-state index in [9.17, 15) is 4.79 Å². The molecule has 0 saturated heterocycles. The molecule has 1 heterocycles. The summed E-state index contributed by atoms with van der Waals surface area (Å²) in [4.78, 5) is 14.8. The molecule has 132 valence electrons. The van der Waals surface area contributed by atoms with Crippen molar-refractivity contribution in [3.8, 4) is 0 Å². The highest BCUT2D eigenvalue weighted by atomic mass is 127. The van der Waals surface area contributed by atoms with Gasteiger partial charge < -0.3 is 33.4 Å². The molecule has 0 N–H and O–H groups in total. The monoisotopic (exact) mass is 448 g/mol. The lowest BCUT2D eigenvalue weighted by Gasteiger charge is -2.27. The maximum absolute atomic E-state index is 12.8. The van der Waals surface area contributed by atoms with Gasteiger partial charge in [0.15, 0.2) is 0 Å². The average molecular weight is 448 g/mol. The quantitative estimate of drug-likeness (QED) is 0.480. The van der Waals surface area contributed by atoms with E-state index in [0.717, 1.165) is 40.8 Å². The van der Waals surface area contributed by atoms with Gasteiger partial charge in [-0.3, -0.25) is 4.79 Å². The maximum Gasteiger partial charge on any atom is 0.259 e. The molecule has 1 aliphatic heterocycles. The Morgan fingerprint density at radius 1 is 0.920 bits per heavy atom. The van der Waals surface area contributed by atoms with Gasteiger partial charge in [-0.25, -0.2) is 0 Å². The van der Waals surface area contributed by atoms with Crippen LogP contribution in [-0.4, -0.2) is 49.5 Å². The van der Waals surface area contributed by atoms with Gasteiger partial charge in [-0.05, 0) is 18.1 Å². The molecule has 0 saturated carbocycles. The molecular weight excluding hydrogens is 423 g/mol. The van der Waals surface area contributed by atoms with E-state index in [4.69, 9.17) is 0 Å². The Morgan fingerprint density at radius 3 is 2.16 bits per heavy atom. The standard InChI is InChI=1S/C21H25N2O.HI/c1-23(2,3)16-15-22-20(14-13-17-9-5-4-6-10-17)18-11-7-8-12-19(18)21(22)24;/h4-12,14H,13,15-16H2,1-3H3;1H/q+1;/p-1/b20-14+;. The number of nitrogens with zero attached hydrogens (tertiary/aromatic N) is 2. The number of quaternary nitrogens is 1. The lowest BCUT2D eigenvalue weighted by Crippen LogP contribution is -3.00. The Bertz CT molecular complexity index is 763. The van der Waals surface area contributed by atoms with Crippen molar-refractivity contribution in [2.75, 3.05) is 34.2 Å². The lowest BCUT2D eigenvalue weighted by molar-refractivity contribution is -0.869. The smallest absolute Gasteiger partial charge is 0.259 e. The van der Waals surface area contributed by atoms with Crippen LogP contribution in [0.1, 0.15) is 21.5 Å². The molecule has 0 radical (unpaired) electrons. The predicted molar refractivity (Wildman–Crippen MR) is 98.5 cm³/mol. The van der Waals surface area contributed by atoms with Crippen LogP contribution in [-0.2, 0) is 6.42 Å². The predicted octanol–water partition coefficient (Wildman–Crippen LogP) is 0.436. The van der Waals surface area contributed by atoms with E-state index >= 15 is 0 Å². The zero-order valence-corrected chi connectivity index (χ0v) is 17.2. The Hall–Kier alpha value is -1.66. The average Bonchev–Trinajstić information content (AvgIpc) is 2.83. The fourth-order valence-electron chi connectivity index (χ4n) is 2.96. The minimum Gasteiger partial charge on any atom is -1.00 e. The number of allylic oxidation sites excluding steroid dienone is 1. The third kappa shape index (κ3) is 4.70. The summed E-state index contributed by atoms with van der Waals surface area (Å²) in [6, 6.07) is 18.3. The fourth-order valence-corrected chi connectivity index (χ4v) is 2.96. The van der Waals surface area contributed by atoms with Crippen molar-refractivity contribution in [2.45, 2.75) is 6.42 Å². The zero-order valence-electron chi connectivity index (χ0n) is 15.1. The van der Waals surface area contributed by atoms with Crippen LogP contribution in [0.4, 0.5) is 0 Å². The van der Waals surface area contributed by atoms with Gasteiger partial charge in [0.2, 0.25) is 0 Å². The molecule has 3 nitrogen and oxygen atoms in total. The van der Waals surface area contributed by atoms with Crippen LogP contribution < -0.4 is 24.0 Å². The zero-order chi connectivity index (χ0) is 17.2. The number of hydrogen-bond acceptors (Lipinski definition) is 1. The molecule has 0 aliphatic carbocycles. The van der Waals surface area contributed by atoms with E-state index in [0.29, 0.717) is 0 Å². The summed E-state index contributed by atoms with van der Waals surface area (Å²) in [5.74, 6) is 0.123. The Kier molecular flexibility index (Phi) is 6.41. The van der Waals surface area contributed by atoms with Crippen LogP contribution >= 0.6 is 0 Å². The van der Waals surface area contributed by atoms with E-state index in [2.05, 4.69) is 57.6 Å². The number of fused-ring (bicyclic) bond motifs is 1. The third-order valence-corrected chi connectivity index (χ3v) is 4.34. The topological polar surface area (TPSA) is 20.3 Å². The first-order valence-electron chi connectivity index (χ1n) is 8.41. The number of amides is 1. The van der Waals surface area contributed by atoms with Crippen molar-refractivity contribution in [3.63, 3.8) is 0 Å². The number of carbonyl (C=O) groups excluding carboxylic acids is 1. The van der Waals surface area contributed by atoms with Gasteiger partial charge in [0, 0.05) is 16.8 Å². The van der Waals surface area contributed by atoms with E-state index in [1.165, 1.54) is 5.56 Å². The second kappa shape index (κ2) is 8.15. The van der Waals surface area contributed by atoms with E-state index in [-0.39, 0.29) is 29.9 Å². The van der Waals surface area contributed by atoms with Gasteiger partial charge in [-0.2, -0.15) is 0 Å². The van der Waals surface area contributed by atoms with E-state index in [1.807, 2.05) is 29.2 Å². The van der Waals surface area contributed by atoms with Crippen LogP contribution in [0.2, 0.25) is 0 Å². The number of benzene rings is 2. The van der Waals surface area contributed by atoms with Gasteiger partial charge in [0.1, 0.15) is 0 Å². The van der Waals surface area contributed by atoms with Crippen molar-refractivity contribution in [3.05, 3.63) is 77.4 Å². The van der Waals surface area contributed by atoms with Crippen LogP contribution in [0.3, 0.4) is 0 Å². The first kappa shape index (κ1) is 19.7. The van der Waals surface area contributed by atoms with Crippen LogP contribution in [0.15, 0.2) is 60.7 Å². The second-order valence-electron chi connectivity index (χ2n) is 7.30. The number of carbonyl (C=O) groups is 1. The van der Waals surface area contributed by atoms with Gasteiger partial charge in [-0.15, -0.1) is 0 Å². The molecule has 3 rings (SSSR count). The van der Waals surface area contributed by atoms with Crippen LogP contribution in [0.5, 0.6) is 0 Å². The van der Waals surface area contributed by atoms with Crippen molar-refractivity contribution < 1.29 is 33.3 Å². The third-order valence-electron chi connectivity index (χ3n) is 4.34. The Labute approximate surface area is 167 Å². The summed E-state index contributed by atoms with van der Waals surface area (Å²) in [6.07, 6.45) is 3.02. The van der Waals surface area contributed by atoms with Crippen LogP contribution in [0, 0.1) is 0 Å². The molecule has 0 bridgehead atoms. The molecule has 0 unspecified atom stereocenters. The summed E-state index contributed by atoms with van der Waals surface area (Å²) >= 11 is 0. The minimum atomic E-state index is 0. The highest BCUT2D eigenvalue weighted by Gasteiger charge is 2.32. The first-order chi connectivity index (χ1) is 11.5. The Morgan fingerprint density at radius 2 is 1.52 bits per heavy atom. The number of rotatable bonds is 5. The molecular formula is C21H25IN2O. The molecule has 25 heavy (non-hydrogen) atoms. The van der Waals surface area contributed by atoms with Gasteiger partial charge in [0.05, 0.1) is 34.2 Å². The summed E-state index contributed by atoms with van der Waals surface area (Å²) < 4.78 is 0.839. The maximum atomic E-state index is 12.8. The van der Waals surface area contributed by atoms with Crippen LogP contribution in [0.25, 0.3) is 5.70 Å². The van der Waals surface area contributed by atoms with Gasteiger partial charge in [-0.1, -0.05) is 54.6 Å². The van der Waals surface area contributed by atoms with Crippen molar-refractivity contribution >= 4 is 11.6 Å². The highest BCUT2D eigenvalue weighted by Crippen LogP contribution is 2.32. The second-order valence-corrected chi connectivity index (χ2v) is 7.30. The molecule has 1 amide bonds. The lowest BCUT2D eigenvalue weighted by atomic mass is 10.1. The molecule has 0 fully saturated rings. The molecule has 1 aliphatic rings. The SMILES string of the molecule is C[N+](C)(C)CCN1C(=O)c2ccccc2/C1=C\Cc1ccccc1.[I-]. The summed E-state index contributed by atoms with van der Waals surface area (Å²) in [6.45, 7) is 1.65. The normalized spacial score (nSPS) is 15.2. The van der Waals surface area contributed by atoms with E-state index < -0.39 is 0 Å². The van der Waals surface area contributed by atoms with Gasteiger partial charge in [0.25, 0.3) is 5.91 Å². The van der Waals surface area contributed by atoms with Crippen molar-refractivity contribution in [1.29, 1.82) is 0 Å². The minimum absolute atomic E-state index is 0. The molecule has 4 heteroatoms. The largest absolute Gasteiger partial charge is 1.00 e. The molecule has 2 aromatic rings. The highest BCUT2D eigenvalue weighted by molar-refractivity contribution is 6.09. The Balaban J connectivity index is 0.00000225. The van der Waals surface area contributed by atoms with Crippen molar-refractivity contribution in [1.82, 2.24) is 4.90 Å². The molecule has 0 spiro atoms. The number of halogens is 1. The first-order valence-corrected chi connectivity index (χ1v) is 8.41. The summed E-state index contributed by atoms with van der Waals surface area (Å²) in [7, 11) is 6.46. The summed E-state index contributed by atoms with van der Waals surface area (Å²) in [5.41, 5.74) is 4.18. The summed E-state index contributed by atoms with van der Waals surface area (Å²) in [5, 5.41) is 0. The fraction of sp³-hybridized carbons (Fsp3) is 0.286. The van der Waals surface area contributed by atoms with Crippen molar-refractivity contribution in [2.24, 2.45) is 0 Å².